The van der Waals surface area contributed by atoms with Gasteiger partial charge in [0.25, 0.3) is 5.91 Å². The number of likely N-dealkylation sites (tertiary alicyclic amines) is 1. The van der Waals surface area contributed by atoms with Crippen molar-refractivity contribution in [1.82, 2.24) is 4.90 Å². The summed E-state index contributed by atoms with van der Waals surface area (Å²) in [5.74, 6) is -0.906. The van der Waals surface area contributed by atoms with Gasteiger partial charge in [-0.25, -0.2) is 0 Å². The second-order valence-electron chi connectivity index (χ2n) is 5.87. The van der Waals surface area contributed by atoms with Crippen LogP contribution in [-0.4, -0.2) is 35.0 Å². The van der Waals surface area contributed by atoms with Crippen LogP contribution in [0.5, 0.6) is 0 Å². The molecule has 1 atom stereocenters. The van der Waals surface area contributed by atoms with Gasteiger partial charge in [0.1, 0.15) is 0 Å². The summed E-state index contributed by atoms with van der Waals surface area (Å²) >= 11 is 1.41. The average molecular weight is 315 g/mol. The monoisotopic (exact) mass is 315 g/mol. The van der Waals surface area contributed by atoms with E-state index in [-0.39, 0.29) is 12.5 Å². The van der Waals surface area contributed by atoms with Gasteiger partial charge in [-0.05, 0) is 30.4 Å². The Morgan fingerprint density at radius 2 is 1.95 bits per heavy atom. The van der Waals surface area contributed by atoms with Crippen LogP contribution < -0.4 is 0 Å². The highest BCUT2D eigenvalue weighted by molar-refractivity contribution is 7.12. The van der Waals surface area contributed by atoms with Crippen molar-refractivity contribution in [1.29, 1.82) is 0 Å². The van der Waals surface area contributed by atoms with E-state index < -0.39 is 11.4 Å². The molecule has 1 amide bonds. The summed E-state index contributed by atoms with van der Waals surface area (Å²) in [6.07, 6.45) is 0.500. The lowest BCUT2D eigenvalue weighted by Gasteiger charge is -2.20. The number of rotatable bonds is 3. The van der Waals surface area contributed by atoms with Gasteiger partial charge < -0.3 is 10.0 Å². The second kappa shape index (κ2) is 5.57. The lowest BCUT2D eigenvalue weighted by molar-refractivity contribution is -0.147. The normalized spacial score (nSPS) is 21.0. The molecule has 0 saturated carbocycles. The zero-order valence-corrected chi connectivity index (χ0v) is 13.1. The number of aliphatic carboxylic acids is 1. The van der Waals surface area contributed by atoms with Gasteiger partial charge in [-0.3, -0.25) is 9.59 Å². The number of benzene rings is 1. The molecule has 0 unspecified atom stereocenters. The van der Waals surface area contributed by atoms with Gasteiger partial charge in [-0.1, -0.05) is 30.3 Å². The Labute approximate surface area is 133 Å². The lowest BCUT2D eigenvalue weighted by atomic mass is 9.90. The van der Waals surface area contributed by atoms with Gasteiger partial charge in [0.05, 0.1) is 10.3 Å². The first-order valence-electron chi connectivity index (χ1n) is 7.17. The summed E-state index contributed by atoms with van der Waals surface area (Å²) < 4.78 is 0. The highest BCUT2D eigenvalue weighted by atomic mass is 32.1. The Morgan fingerprint density at radius 3 is 2.59 bits per heavy atom. The maximum Gasteiger partial charge on any atom is 0.311 e. The van der Waals surface area contributed by atoms with E-state index in [1.54, 1.807) is 11.8 Å². The SMILES string of the molecule is C[C@@]1(C(=O)O)CCN(C(=O)c2sccc2-c2ccccc2)C1. The topological polar surface area (TPSA) is 57.6 Å². The van der Waals surface area contributed by atoms with Crippen molar-refractivity contribution in [2.45, 2.75) is 13.3 Å². The summed E-state index contributed by atoms with van der Waals surface area (Å²) in [5, 5.41) is 11.2. The van der Waals surface area contributed by atoms with Crippen LogP contribution >= 0.6 is 11.3 Å². The van der Waals surface area contributed by atoms with Crippen LogP contribution in [0.25, 0.3) is 11.1 Å². The van der Waals surface area contributed by atoms with Crippen LogP contribution in [0.3, 0.4) is 0 Å². The number of amides is 1. The third-order valence-corrected chi connectivity index (χ3v) is 5.12. The predicted octanol–water partition coefficient (Wildman–Crippen LogP) is 3.35. The molecule has 0 spiro atoms. The van der Waals surface area contributed by atoms with Crippen LogP contribution in [0.1, 0.15) is 23.0 Å². The molecule has 2 heterocycles. The first-order valence-corrected chi connectivity index (χ1v) is 8.05. The molecule has 1 aliphatic heterocycles. The van der Waals surface area contributed by atoms with Crippen molar-refractivity contribution in [2.24, 2.45) is 5.41 Å². The van der Waals surface area contributed by atoms with Crippen LogP contribution in [0.2, 0.25) is 0 Å². The quantitative estimate of drug-likeness (QED) is 0.945. The van der Waals surface area contributed by atoms with Crippen LogP contribution in [0, 0.1) is 5.41 Å². The molecular formula is C17H17NO3S. The number of nitrogens with zero attached hydrogens (tertiary/aromatic N) is 1. The van der Waals surface area contributed by atoms with Gasteiger partial charge in [0, 0.05) is 18.7 Å². The van der Waals surface area contributed by atoms with Gasteiger partial charge >= 0.3 is 5.97 Å². The van der Waals surface area contributed by atoms with E-state index >= 15 is 0 Å². The fourth-order valence-electron chi connectivity index (χ4n) is 2.77. The standard InChI is InChI=1S/C17H17NO3S/c1-17(16(20)21)8-9-18(11-17)15(19)14-13(7-10-22-14)12-5-3-2-4-6-12/h2-7,10H,8-9,11H2,1H3,(H,20,21)/t17-/m1/s1. The smallest absolute Gasteiger partial charge is 0.311 e. The summed E-state index contributed by atoms with van der Waals surface area (Å²) in [6.45, 7) is 2.47. The molecule has 1 aliphatic rings. The van der Waals surface area contributed by atoms with Crippen LogP contribution in [-0.2, 0) is 4.79 Å². The number of carboxylic acids is 1. The Bertz CT molecular complexity index is 710. The molecule has 0 aliphatic carbocycles. The molecule has 5 heteroatoms. The molecule has 1 N–H and O–H groups in total. The van der Waals surface area contributed by atoms with E-state index in [0.717, 1.165) is 11.1 Å². The predicted molar refractivity (Wildman–Crippen MR) is 86.0 cm³/mol. The third kappa shape index (κ3) is 2.52. The van der Waals surface area contributed by atoms with E-state index in [1.807, 2.05) is 41.8 Å². The van der Waals surface area contributed by atoms with E-state index in [0.29, 0.717) is 17.8 Å². The minimum atomic E-state index is -0.836. The Morgan fingerprint density at radius 1 is 1.23 bits per heavy atom. The van der Waals surface area contributed by atoms with E-state index in [4.69, 9.17) is 0 Å². The lowest BCUT2D eigenvalue weighted by Crippen LogP contribution is -2.34. The van der Waals surface area contributed by atoms with Crippen molar-refractivity contribution < 1.29 is 14.7 Å². The zero-order valence-electron chi connectivity index (χ0n) is 12.3. The molecule has 1 aromatic carbocycles. The van der Waals surface area contributed by atoms with E-state index in [9.17, 15) is 14.7 Å². The van der Waals surface area contributed by atoms with Crippen molar-refractivity contribution in [3.63, 3.8) is 0 Å². The van der Waals surface area contributed by atoms with Gasteiger partial charge in [-0.2, -0.15) is 0 Å². The number of carbonyl (C=O) groups is 2. The molecule has 22 heavy (non-hydrogen) atoms. The van der Waals surface area contributed by atoms with Crippen molar-refractivity contribution in [3.05, 3.63) is 46.7 Å². The number of carbonyl (C=O) groups excluding carboxylic acids is 1. The van der Waals surface area contributed by atoms with Crippen LogP contribution in [0.4, 0.5) is 0 Å². The molecule has 0 radical (unpaired) electrons. The van der Waals surface area contributed by atoms with Crippen LogP contribution in [0.15, 0.2) is 41.8 Å². The van der Waals surface area contributed by atoms with Crippen molar-refractivity contribution >= 4 is 23.2 Å². The maximum atomic E-state index is 12.8. The fraction of sp³-hybridized carbons (Fsp3) is 0.294. The number of hydrogen-bond acceptors (Lipinski definition) is 3. The average Bonchev–Trinajstić information content (AvgIpc) is 3.15. The fourth-order valence-corrected chi connectivity index (χ4v) is 3.66. The van der Waals surface area contributed by atoms with Crippen molar-refractivity contribution in [3.8, 4) is 11.1 Å². The summed E-state index contributed by atoms with van der Waals surface area (Å²) in [4.78, 5) is 26.4. The maximum absolute atomic E-state index is 12.8. The Balaban J connectivity index is 1.86. The van der Waals surface area contributed by atoms with E-state index in [2.05, 4.69) is 0 Å². The summed E-state index contributed by atoms with van der Waals surface area (Å²) in [7, 11) is 0. The second-order valence-corrected chi connectivity index (χ2v) is 6.79. The molecule has 4 nitrogen and oxygen atoms in total. The molecule has 1 saturated heterocycles. The first-order chi connectivity index (χ1) is 10.5. The highest BCUT2D eigenvalue weighted by Crippen LogP contribution is 2.34. The Hall–Kier alpha value is -2.14. The Kier molecular flexibility index (Phi) is 3.74. The zero-order chi connectivity index (χ0) is 15.7. The molecular weight excluding hydrogens is 298 g/mol. The molecule has 1 aromatic heterocycles. The van der Waals surface area contributed by atoms with Gasteiger partial charge in [-0.15, -0.1) is 11.3 Å². The van der Waals surface area contributed by atoms with Crippen molar-refractivity contribution in [2.75, 3.05) is 13.1 Å². The number of hydrogen-bond donors (Lipinski definition) is 1. The minimum absolute atomic E-state index is 0.0705. The molecule has 3 rings (SSSR count). The number of thiophene rings is 1. The number of carboxylic acid groups (broad SMARTS) is 1. The van der Waals surface area contributed by atoms with Gasteiger partial charge in [0.2, 0.25) is 0 Å². The first kappa shape index (κ1) is 14.8. The van der Waals surface area contributed by atoms with E-state index in [1.165, 1.54) is 11.3 Å². The summed E-state index contributed by atoms with van der Waals surface area (Å²) in [6, 6.07) is 11.7. The molecule has 0 bridgehead atoms. The summed E-state index contributed by atoms with van der Waals surface area (Å²) in [5.41, 5.74) is 1.09. The molecule has 114 valence electrons. The third-order valence-electron chi connectivity index (χ3n) is 4.22. The molecule has 1 fully saturated rings. The largest absolute Gasteiger partial charge is 0.481 e. The van der Waals surface area contributed by atoms with Gasteiger partial charge in [0.15, 0.2) is 0 Å². The minimum Gasteiger partial charge on any atom is -0.481 e. The highest BCUT2D eigenvalue weighted by Gasteiger charge is 2.42. The molecule has 2 aromatic rings.